The molecule has 4 rings (SSSR count). The fourth-order valence-electron chi connectivity index (χ4n) is 3.36. The third-order valence-electron chi connectivity index (χ3n) is 4.72. The van der Waals surface area contributed by atoms with E-state index in [2.05, 4.69) is 5.10 Å². The van der Waals surface area contributed by atoms with E-state index < -0.39 is 4.92 Å². The first-order valence-corrected chi connectivity index (χ1v) is 9.15. The molecule has 28 heavy (non-hydrogen) atoms. The smallest absolute Gasteiger partial charge is 0.269 e. The van der Waals surface area contributed by atoms with Crippen molar-refractivity contribution >= 4 is 28.9 Å². The van der Waals surface area contributed by atoms with Gasteiger partial charge in [0.15, 0.2) is 11.5 Å². The highest BCUT2D eigenvalue weighted by atomic mass is 35.5. The summed E-state index contributed by atoms with van der Waals surface area (Å²) in [6.07, 6.45) is 0.550. The number of nitro benzene ring substituents is 1. The standard InChI is InChI=1S/C19H16ClN3O5/c1-11-6-13-7-16-17(28-10-27-16)8-15(13)19(21-22(11)18(24)9-20)12-2-4-14(5-3-12)23(25)26/h2-5,7-8,11H,6,9-10H2,1H3. The molecule has 144 valence electrons. The number of amides is 1. The molecule has 0 fully saturated rings. The summed E-state index contributed by atoms with van der Waals surface area (Å²) in [6, 6.07) is 9.55. The maximum atomic E-state index is 12.4. The zero-order valence-corrected chi connectivity index (χ0v) is 15.7. The summed E-state index contributed by atoms with van der Waals surface area (Å²) >= 11 is 5.77. The molecule has 1 amide bonds. The molecule has 2 aromatic rings. The van der Waals surface area contributed by atoms with Crippen LogP contribution in [0.4, 0.5) is 5.69 Å². The van der Waals surface area contributed by atoms with Crippen LogP contribution in [0.1, 0.15) is 23.6 Å². The number of nitrogens with zero attached hydrogens (tertiary/aromatic N) is 3. The van der Waals surface area contributed by atoms with Gasteiger partial charge in [-0.15, -0.1) is 11.6 Å². The second kappa shape index (κ2) is 7.12. The van der Waals surface area contributed by atoms with Gasteiger partial charge in [0.2, 0.25) is 6.79 Å². The van der Waals surface area contributed by atoms with E-state index in [0.717, 1.165) is 11.1 Å². The topological polar surface area (TPSA) is 94.3 Å². The Morgan fingerprint density at radius 2 is 1.96 bits per heavy atom. The second-order valence-electron chi connectivity index (χ2n) is 6.54. The van der Waals surface area contributed by atoms with Crippen molar-refractivity contribution in [2.75, 3.05) is 12.7 Å². The number of hydrazone groups is 1. The molecular weight excluding hydrogens is 386 g/mol. The number of halogens is 1. The summed E-state index contributed by atoms with van der Waals surface area (Å²) in [7, 11) is 0. The highest BCUT2D eigenvalue weighted by Gasteiger charge is 2.29. The Balaban J connectivity index is 1.88. The third-order valence-corrected chi connectivity index (χ3v) is 4.94. The van der Waals surface area contributed by atoms with Gasteiger partial charge in [-0.2, -0.15) is 5.10 Å². The minimum atomic E-state index is -0.462. The normalized spacial score (nSPS) is 17.6. The Labute approximate surface area is 165 Å². The van der Waals surface area contributed by atoms with Crippen LogP contribution in [0.25, 0.3) is 0 Å². The summed E-state index contributed by atoms with van der Waals surface area (Å²) in [5, 5.41) is 16.9. The molecule has 8 nitrogen and oxygen atoms in total. The minimum Gasteiger partial charge on any atom is -0.454 e. The van der Waals surface area contributed by atoms with Crippen LogP contribution >= 0.6 is 11.6 Å². The van der Waals surface area contributed by atoms with Gasteiger partial charge in [0.1, 0.15) is 5.88 Å². The van der Waals surface area contributed by atoms with Crippen LogP contribution in [0.3, 0.4) is 0 Å². The molecule has 0 saturated heterocycles. The molecule has 0 aromatic heterocycles. The van der Waals surface area contributed by atoms with Crippen LogP contribution in [-0.4, -0.2) is 40.3 Å². The number of carbonyl (C=O) groups is 1. The molecule has 0 spiro atoms. The van der Waals surface area contributed by atoms with Crippen molar-refractivity contribution < 1.29 is 19.2 Å². The van der Waals surface area contributed by atoms with E-state index in [1.165, 1.54) is 17.1 Å². The van der Waals surface area contributed by atoms with E-state index in [1.54, 1.807) is 12.1 Å². The lowest BCUT2D eigenvalue weighted by atomic mass is 9.94. The molecule has 2 heterocycles. The van der Waals surface area contributed by atoms with Gasteiger partial charge >= 0.3 is 0 Å². The summed E-state index contributed by atoms with van der Waals surface area (Å²) in [5.74, 6) is 0.728. The van der Waals surface area contributed by atoms with Gasteiger partial charge in [0.05, 0.1) is 16.7 Å². The number of fused-ring (bicyclic) bond motifs is 2. The molecule has 2 aliphatic heterocycles. The van der Waals surface area contributed by atoms with E-state index in [1.807, 2.05) is 19.1 Å². The van der Waals surface area contributed by atoms with Gasteiger partial charge in [-0.3, -0.25) is 14.9 Å². The molecule has 1 unspecified atom stereocenters. The largest absolute Gasteiger partial charge is 0.454 e. The van der Waals surface area contributed by atoms with Crippen molar-refractivity contribution in [2.24, 2.45) is 5.10 Å². The number of rotatable bonds is 3. The highest BCUT2D eigenvalue weighted by molar-refractivity contribution is 6.27. The van der Waals surface area contributed by atoms with Crippen LogP contribution < -0.4 is 9.47 Å². The van der Waals surface area contributed by atoms with E-state index in [-0.39, 0.29) is 30.3 Å². The lowest BCUT2D eigenvalue weighted by Gasteiger charge is -2.22. The molecule has 0 aliphatic carbocycles. The van der Waals surface area contributed by atoms with Gasteiger partial charge in [-0.25, -0.2) is 5.01 Å². The van der Waals surface area contributed by atoms with Crippen molar-refractivity contribution in [2.45, 2.75) is 19.4 Å². The van der Waals surface area contributed by atoms with Crippen molar-refractivity contribution in [1.82, 2.24) is 5.01 Å². The lowest BCUT2D eigenvalue weighted by molar-refractivity contribution is -0.384. The summed E-state index contributed by atoms with van der Waals surface area (Å²) in [4.78, 5) is 22.9. The van der Waals surface area contributed by atoms with E-state index in [9.17, 15) is 14.9 Å². The van der Waals surface area contributed by atoms with Gasteiger partial charge in [0, 0.05) is 23.3 Å². The van der Waals surface area contributed by atoms with Gasteiger partial charge < -0.3 is 9.47 Å². The Kier molecular flexibility index (Phi) is 4.64. The third kappa shape index (κ3) is 3.16. The molecule has 0 radical (unpaired) electrons. The maximum absolute atomic E-state index is 12.4. The first-order valence-electron chi connectivity index (χ1n) is 8.62. The fourth-order valence-corrected chi connectivity index (χ4v) is 3.48. The minimum absolute atomic E-state index is 0.0223. The number of alkyl halides is 1. The fraction of sp³-hybridized carbons (Fsp3) is 0.263. The van der Waals surface area contributed by atoms with Gasteiger partial charge in [-0.1, -0.05) is 0 Å². The van der Waals surface area contributed by atoms with Crippen LogP contribution in [0, 0.1) is 10.1 Å². The van der Waals surface area contributed by atoms with E-state index >= 15 is 0 Å². The first kappa shape index (κ1) is 18.2. The van der Waals surface area contributed by atoms with E-state index in [4.69, 9.17) is 21.1 Å². The highest BCUT2D eigenvalue weighted by Crippen LogP contribution is 2.37. The Morgan fingerprint density at radius 3 is 2.61 bits per heavy atom. The average molecular weight is 402 g/mol. The second-order valence-corrected chi connectivity index (χ2v) is 6.81. The number of hydrogen-bond acceptors (Lipinski definition) is 6. The van der Waals surface area contributed by atoms with Gasteiger partial charge in [-0.05, 0) is 43.2 Å². The van der Waals surface area contributed by atoms with Crippen LogP contribution in [0.15, 0.2) is 41.5 Å². The van der Waals surface area contributed by atoms with Crippen LogP contribution in [-0.2, 0) is 11.2 Å². The maximum Gasteiger partial charge on any atom is 0.269 e. The Hall–Kier alpha value is -3.13. The van der Waals surface area contributed by atoms with E-state index in [0.29, 0.717) is 29.2 Å². The van der Waals surface area contributed by atoms with Crippen LogP contribution in [0.5, 0.6) is 11.5 Å². The zero-order chi connectivity index (χ0) is 19.8. The molecular formula is C19H16ClN3O5. The molecule has 9 heteroatoms. The number of ether oxygens (including phenoxy) is 2. The van der Waals surface area contributed by atoms with Crippen molar-refractivity contribution in [3.05, 3.63) is 63.2 Å². The molecule has 1 atom stereocenters. The number of non-ortho nitro benzene ring substituents is 1. The predicted molar refractivity (Wildman–Crippen MR) is 102 cm³/mol. The van der Waals surface area contributed by atoms with Gasteiger partial charge in [0.25, 0.3) is 11.6 Å². The Morgan fingerprint density at radius 1 is 1.29 bits per heavy atom. The summed E-state index contributed by atoms with van der Waals surface area (Å²) in [5.41, 5.74) is 2.87. The average Bonchev–Trinajstić information content (AvgIpc) is 3.09. The number of hydrogen-bond donors (Lipinski definition) is 0. The molecule has 0 bridgehead atoms. The zero-order valence-electron chi connectivity index (χ0n) is 14.9. The summed E-state index contributed by atoms with van der Waals surface area (Å²) < 4.78 is 11.0. The van der Waals surface area contributed by atoms with Crippen molar-refractivity contribution in [3.8, 4) is 11.5 Å². The molecule has 0 saturated carbocycles. The first-order chi connectivity index (χ1) is 13.5. The molecule has 0 N–H and O–H groups in total. The Bertz CT molecular complexity index is 990. The number of benzene rings is 2. The lowest BCUT2D eigenvalue weighted by Crippen LogP contribution is -2.36. The summed E-state index contributed by atoms with van der Waals surface area (Å²) in [6.45, 7) is 2.04. The molecule has 2 aliphatic rings. The number of carbonyl (C=O) groups excluding carboxylic acids is 1. The van der Waals surface area contributed by atoms with Crippen molar-refractivity contribution in [1.29, 1.82) is 0 Å². The predicted octanol–water partition coefficient (Wildman–Crippen LogP) is 3.09. The van der Waals surface area contributed by atoms with Crippen molar-refractivity contribution in [3.63, 3.8) is 0 Å². The monoisotopic (exact) mass is 401 g/mol. The molecule has 2 aromatic carbocycles. The van der Waals surface area contributed by atoms with Crippen LogP contribution in [0.2, 0.25) is 0 Å². The quantitative estimate of drug-likeness (QED) is 0.447. The number of nitro groups is 1. The SMILES string of the molecule is CC1Cc2cc3c(cc2C(c2ccc([N+](=O)[O-])cc2)=NN1C(=O)CCl)OCO3.